The van der Waals surface area contributed by atoms with Crippen molar-refractivity contribution in [2.75, 3.05) is 0 Å². The van der Waals surface area contributed by atoms with Crippen LogP contribution >= 0.6 is 11.3 Å². The lowest BCUT2D eigenvalue weighted by Crippen LogP contribution is -2.07. The van der Waals surface area contributed by atoms with Gasteiger partial charge in [0.05, 0.1) is 5.56 Å². The van der Waals surface area contributed by atoms with Gasteiger partial charge >= 0.3 is 0 Å². The first kappa shape index (κ1) is 34.4. The van der Waals surface area contributed by atoms with Crippen LogP contribution in [0.2, 0.25) is 0 Å². The van der Waals surface area contributed by atoms with Crippen molar-refractivity contribution in [2.24, 2.45) is 0 Å². The molecular weight excluding hydrogens is 763 g/mol. The van der Waals surface area contributed by atoms with E-state index in [0.717, 1.165) is 67.8 Å². The highest BCUT2D eigenvalue weighted by atomic mass is 32.1. The SMILES string of the molecule is c1ccc2c(c1)-c1cc3ccccc3cc1CCC2c1ccc2c(oc3ccccc32)c1-c1nc(-c2ccc3c(c2)sc2ccccc23)nc(-c2cccc3ccccc23)n1. The van der Waals surface area contributed by atoms with Crippen molar-refractivity contribution < 1.29 is 4.42 Å². The van der Waals surface area contributed by atoms with Crippen LogP contribution in [0.3, 0.4) is 0 Å². The quantitative estimate of drug-likeness (QED) is 0.178. The maximum absolute atomic E-state index is 6.96. The Labute approximate surface area is 355 Å². The Morgan fingerprint density at radius 1 is 0.443 bits per heavy atom. The predicted molar refractivity (Wildman–Crippen MR) is 253 cm³/mol. The highest BCUT2D eigenvalue weighted by Gasteiger charge is 2.30. The average Bonchev–Trinajstić information content (AvgIpc) is 3.84. The topological polar surface area (TPSA) is 51.8 Å². The molecule has 9 aromatic carbocycles. The van der Waals surface area contributed by atoms with Crippen LogP contribution < -0.4 is 0 Å². The molecule has 1 aliphatic rings. The molecule has 0 aliphatic heterocycles. The standard InChI is InChI=1S/C56H35N3OS/c1-2-14-35-31-48-36(30-34(35)13-1)24-26-41(39-17-5-6-18-40(39)48)45-28-29-46-42-19-7-9-22-49(42)60-53(46)52(45)56-58-54(37-25-27-44-43-20-8-10-23-50(43)61-51(44)32-37)57-55(59-56)47-21-11-15-33-12-3-4-16-38(33)47/h1-23,25,27-32,41H,24,26H2. The van der Waals surface area contributed by atoms with E-state index in [0.29, 0.717) is 17.5 Å². The molecule has 1 aliphatic carbocycles. The van der Waals surface area contributed by atoms with Crippen molar-refractivity contribution in [3.63, 3.8) is 0 Å². The number of fused-ring (bicyclic) bond motifs is 11. The molecule has 0 fully saturated rings. The van der Waals surface area contributed by atoms with Crippen LogP contribution in [0.25, 0.3) is 109 Å². The van der Waals surface area contributed by atoms with E-state index >= 15 is 0 Å². The molecule has 3 aromatic heterocycles. The molecule has 4 nitrogen and oxygen atoms in total. The molecular formula is C56H35N3OS. The van der Waals surface area contributed by atoms with E-state index in [-0.39, 0.29) is 5.92 Å². The zero-order chi connectivity index (χ0) is 40.0. The largest absolute Gasteiger partial charge is 0.455 e. The summed E-state index contributed by atoms with van der Waals surface area (Å²) in [4.78, 5) is 16.3. The number of aromatic nitrogens is 3. The summed E-state index contributed by atoms with van der Waals surface area (Å²) in [6.07, 6.45) is 1.84. The molecule has 1 atom stereocenters. The Bertz CT molecular complexity index is 3740. The van der Waals surface area contributed by atoms with Gasteiger partial charge in [-0.15, -0.1) is 11.3 Å². The van der Waals surface area contributed by atoms with Crippen LogP contribution in [0, 0.1) is 0 Å². The number of benzene rings is 9. The minimum absolute atomic E-state index is 0.0374. The molecule has 5 heteroatoms. The number of aryl methyl sites for hydroxylation is 1. The van der Waals surface area contributed by atoms with Crippen LogP contribution in [0.1, 0.15) is 29.0 Å². The van der Waals surface area contributed by atoms with Gasteiger partial charge in [0, 0.05) is 48.0 Å². The fourth-order valence-electron chi connectivity index (χ4n) is 9.92. The lowest BCUT2D eigenvalue weighted by Gasteiger charge is -2.22. The lowest BCUT2D eigenvalue weighted by molar-refractivity contribution is 0.666. The molecule has 13 rings (SSSR count). The number of nitrogens with zero attached hydrogens (tertiary/aromatic N) is 3. The number of thiophene rings is 1. The van der Waals surface area contributed by atoms with Crippen LogP contribution in [-0.4, -0.2) is 15.0 Å². The number of hydrogen-bond acceptors (Lipinski definition) is 5. The first-order valence-electron chi connectivity index (χ1n) is 20.9. The Morgan fingerprint density at radius 2 is 1.11 bits per heavy atom. The summed E-state index contributed by atoms with van der Waals surface area (Å²) in [5, 5.41) is 9.39. The highest BCUT2D eigenvalue weighted by molar-refractivity contribution is 7.25. The van der Waals surface area contributed by atoms with Gasteiger partial charge < -0.3 is 4.42 Å². The third-order valence-corrected chi connectivity index (χ3v) is 13.9. The van der Waals surface area contributed by atoms with E-state index in [1.54, 1.807) is 11.3 Å². The van der Waals surface area contributed by atoms with Gasteiger partial charge in [0.1, 0.15) is 11.2 Å². The second kappa shape index (κ2) is 13.5. The summed E-state index contributed by atoms with van der Waals surface area (Å²) in [5.74, 6) is 1.91. The Hall–Kier alpha value is -7.47. The molecule has 3 heterocycles. The zero-order valence-electron chi connectivity index (χ0n) is 33.0. The minimum atomic E-state index is 0.0374. The second-order valence-corrected chi connectivity index (χ2v) is 17.3. The van der Waals surface area contributed by atoms with E-state index in [9.17, 15) is 0 Å². The number of rotatable bonds is 4. The van der Waals surface area contributed by atoms with Crippen LogP contribution in [0.5, 0.6) is 0 Å². The monoisotopic (exact) mass is 797 g/mol. The molecule has 0 amide bonds. The predicted octanol–water partition coefficient (Wildman–Crippen LogP) is 15.2. The molecule has 0 spiro atoms. The number of hydrogen-bond donors (Lipinski definition) is 0. The number of furan rings is 1. The maximum Gasteiger partial charge on any atom is 0.168 e. The van der Waals surface area contributed by atoms with Crippen molar-refractivity contribution in [2.45, 2.75) is 18.8 Å². The summed E-state index contributed by atoms with van der Waals surface area (Å²) in [5.41, 5.74) is 10.9. The van der Waals surface area contributed by atoms with Crippen molar-refractivity contribution in [3.05, 3.63) is 199 Å². The van der Waals surface area contributed by atoms with Gasteiger partial charge in [-0.1, -0.05) is 158 Å². The highest BCUT2D eigenvalue weighted by Crippen LogP contribution is 2.48. The number of para-hydroxylation sites is 1. The van der Waals surface area contributed by atoms with E-state index in [4.69, 9.17) is 19.4 Å². The van der Waals surface area contributed by atoms with Crippen molar-refractivity contribution in [1.82, 2.24) is 15.0 Å². The molecule has 1 unspecified atom stereocenters. The van der Waals surface area contributed by atoms with Crippen LogP contribution in [0.15, 0.2) is 186 Å². The van der Waals surface area contributed by atoms with Crippen molar-refractivity contribution in [3.8, 4) is 45.3 Å². The molecule has 0 radical (unpaired) electrons. The summed E-state index contributed by atoms with van der Waals surface area (Å²) in [6, 6.07) is 65.4. The molecule has 0 N–H and O–H groups in total. The summed E-state index contributed by atoms with van der Waals surface area (Å²) in [7, 11) is 0. The first-order chi connectivity index (χ1) is 30.2. The second-order valence-electron chi connectivity index (χ2n) is 16.2. The Balaban J connectivity index is 1.09. The van der Waals surface area contributed by atoms with Gasteiger partial charge in [0.2, 0.25) is 0 Å². The normalized spacial score (nSPS) is 13.9. The van der Waals surface area contributed by atoms with Gasteiger partial charge in [0.15, 0.2) is 17.5 Å². The van der Waals surface area contributed by atoms with Gasteiger partial charge in [-0.25, -0.2) is 15.0 Å². The zero-order valence-corrected chi connectivity index (χ0v) is 33.8. The van der Waals surface area contributed by atoms with E-state index in [1.165, 1.54) is 53.2 Å². The Morgan fingerprint density at radius 3 is 2.03 bits per heavy atom. The summed E-state index contributed by atoms with van der Waals surface area (Å²) in [6.45, 7) is 0. The van der Waals surface area contributed by atoms with Crippen molar-refractivity contribution >= 4 is 75.0 Å². The molecule has 61 heavy (non-hydrogen) atoms. The molecule has 286 valence electrons. The minimum Gasteiger partial charge on any atom is -0.455 e. The molecule has 0 saturated heterocycles. The summed E-state index contributed by atoms with van der Waals surface area (Å²) < 4.78 is 9.43. The lowest BCUT2D eigenvalue weighted by atomic mass is 9.82. The smallest absolute Gasteiger partial charge is 0.168 e. The fraction of sp³-hybridized carbons (Fsp3) is 0.0536. The van der Waals surface area contributed by atoms with Crippen LogP contribution in [0.4, 0.5) is 0 Å². The molecule has 0 saturated carbocycles. The fourth-order valence-corrected chi connectivity index (χ4v) is 11.1. The van der Waals surface area contributed by atoms with Gasteiger partial charge in [0.25, 0.3) is 0 Å². The summed E-state index contributed by atoms with van der Waals surface area (Å²) >= 11 is 1.80. The Kier molecular flexibility index (Phi) is 7.63. The van der Waals surface area contributed by atoms with Gasteiger partial charge in [-0.2, -0.15) is 0 Å². The van der Waals surface area contributed by atoms with E-state index in [2.05, 4.69) is 176 Å². The molecule has 0 bridgehead atoms. The molecule has 12 aromatic rings. The maximum atomic E-state index is 6.96. The third-order valence-electron chi connectivity index (χ3n) is 12.8. The van der Waals surface area contributed by atoms with Crippen LogP contribution in [-0.2, 0) is 6.42 Å². The third kappa shape index (κ3) is 5.47. The van der Waals surface area contributed by atoms with E-state index in [1.807, 2.05) is 6.07 Å². The van der Waals surface area contributed by atoms with Crippen molar-refractivity contribution in [1.29, 1.82) is 0 Å². The first-order valence-corrected chi connectivity index (χ1v) is 21.7. The van der Waals surface area contributed by atoms with Gasteiger partial charge in [-0.05, 0) is 86.5 Å². The average molecular weight is 798 g/mol. The van der Waals surface area contributed by atoms with Gasteiger partial charge in [-0.3, -0.25) is 0 Å². The van der Waals surface area contributed by atoms with E-state index < -0.39 is 0 Å².